The Balaban J connectivity index is 2.36. The van der Waals surface area contributed by atoms with Crippen LogP contribution in [0.1, 0.15) is 19.4 Å². The SMILES string of the molecule is C=CCOc1ccc(Br)cc1/C=C1\SC(=O)N(C(C)C)C1=O. The maximum Gasteiger partial charge on any atom is 0.293 e. The van der Waals surface area contributed by atoms with Crippen LogP contribution in [0.15, 0.2) is 40.2 Å². The number of hydrogen-bond donors (Lipinski definition) is 0. The van der Waals surface area contributed by atoms with Crippen molar-refractivity contribution in [3.8, 4) is 5.75 Å². The van der Waals surface area contributed by atoms with Gasteiger partial charge in [0.2, 0.25) is 0 Å². The Bertz CT molecular complexity index is 655. The summed E-state index contributed by atoms with van der Waals surface area (Å²) >= 11 is 4.35. The predicted molar refractivity (Wildman–Crippen MR) is 92.8 cm³/mol. The molecule has 0 aliphatic carbocycles. The molecule has 2 amide bonds. The van der Waals surface area contributed by atoms with Gasteiger partial charge in [0, 0.05) is 16.1 Å². The summed E-state index contributed by atoms with van der Waals surface area (Å²) in [7, 11) is 0. The molecule has 0 saturated carbocycles. The zero-order valence-corrected chi connectivity index (χ0v) is 14.7. The van der Waals surface area contributed by atoms with Crippen molar-refractivity contribution in [1.29, 1.82) is 0 Å². The Labute approximate surface area is 142 Å². The van der Waals surface area contributed by atoms with E-state index in [0.29, 0.717) is 17.3 Å². The van der Waals surface area contributed by atoms with E-state index in [1.54, 1.807) is 12.2 Å². The molecule has 1 aliphatic rings. The van der Waals surface area contributed by atoms with Gasteiger partial charge in [-0.25, -0.2) is 0 Å². The molecule has 0 radical (unpaired) electrons. The van der Waals surface area contributed by atoms with Crippen LogP contribution in [-0.2, 0) is 4.79 Å². The Morgan fingerprint density at radius 3 is 2.73 bits per heavy atom. The third kappa shape index (κ3) is 3.62. The highest BCUT2D eigenvalue weighted by Gasteiger charge is 2.36. The topological polar surface area (TPSA) is 46.6 Å². The van der Waals surface area contributed by atoms with E-state index in [2.05, 4.69) is 22.5 Å². The highest BCUT2D eigenvalue weighted by Crippen LogP contribution is 2.35. The van der Waals surface area contributed by atoms with Gasteiger partial charge < -0.3 is 4.74 Å². The Hall–Kier alpha value is -1.53. The van der Waals surface area contributed by atoms with E-state index in [-0.39, 0.29) is 17.2 Å². The lowest BCUT2D eigenvalue weighted by Crippen LogP contribution is -2.34. The summed E-state index contributed by atoms with van der Waals surface area (Å²) in [6.07, 6.45) is 3.34. The van der Waals surface area contributed by atoms with Crippen LogP contribution in [0.4, 0.5) is 4.79 Å². The maximum absolute atomic E-state index is 12.3. The normalized spacial score (nSPS) is 16.7. The van der Waals surface area contributed by atoms with Crippen LogP contribution in [0.5, 0.6) is 5.75 Å². The van der Waals surface area contributed by atoms with Crippen molar-refractivity contribution in [3.63, 3.8) is 0 Å². The molecule has 1 fully saturated rings. The molecule has 0 N–H and O–H groups in total. The third-order valence-electron chi connectivity index (χ3n) is 2.96. The molecule has 1 aromatic rings. The molecule has 6 heteroatoms. The molecule has 2 rings (SSSR count). The molecule has 0 bridgehead atoms. The minimum atomic E-state index is -0.264. The second-order valence-corrected chi connectivity index (χ2v) is 6.84. The second kappa shape index (κ2) is 7.15. The lowest BCUT2D eigenvalue weighted by molar-refractivity contribution is -0.123. The number of thioether (sulfide) groups is 1. The summed E-state index contributed by atoms with van der Waals surface area (Å²) in [5.74, 6) is 0.374. The highest BCUT2D eigenvalue weighted by atomic mass is 79.9. The van der Waals surface area contributed by atoms with E-state index < -0.39 is 0 Å². The number of amides is 2. The Morgan fingerprint density at radius 1 is 1.41 bits per heavy atom. The third-order valence-corrected chi connectivity index (χ3v) is 4.33. The molecular weight excluding hydrogens is 366 g/mol. The molecule has 1 heterocycles. The second-order valence-electron chi connectivity index (χ2n) is 4.93. The smallest absolute Gasteiger partial charge is 0.293 e. The fourth-order valence-electron chi connectivity index (χ4n) is 1.98. The fourth-order valence-corrected chi connectivity index (χ4v) is 3.31. The molecular formula is C16H16BrNO3S. The van der Waals surface area contributed by atoms with Gasteiger partial charge in [-0.2, -0.15) is 0 Å². The first-order valence-electron chi connectivity index (χ1n) is 6.74. The van der Waals surface area contributed by atoms with Gasteiger partial charge in [-0.05, 0) is 49.9 Å². The van der Waals surface area contributed by atoms with Gasteiger partial charge >= 0.3 is 0 Å². The van der Waals surface area contributed by atoms with Crippen LogP contribution in [0, 0.1) is 0 Å². The van der Waals surface area contributed by atoms with E-state index in [0.717, 1.165) is 21.8 Å². The first-order chi connectivity index (χ1) is 10.4. The summed E-state index contributed by atoms with van der Waals surface area (Å²) in [6, 6.07) is 5.36. The number of rotatable bonds is 5. The number of carbonyl (C=O) groups excluding carboxylic acids is 2. The summed E-state index contributed by atoms with van der Waals surface area (Å²) in [4.78, 5) is 25.9. The number of nitrogens with zero attached hydrogens (tertiary/aromatic N) is 1. The molecule has 22 heavy (non-hydrogen) atoms. The molecule has 0 unspecified atom stereocenters. The zero-order chi connectivity index (χ0) is 16.3. The standard InChI is InChI=1S/C16H16BrNO3S/c1-4-7-21-13-6-5-12(17)8-11(13)9-14-15(19)18(10(2)3)16(20)22-14/h4-6,8-10H,1,7H2,2-3H3/b14-9-. The number of halogens is 1. The van der Waals surface area contributed by atoms with Crippen LogP contribution in [0.3, 0.4) is 0 Å². The average Bonchev–Trinajstić information content (AvgIpc) is 2.72. The molecule has 1 aromatic carbocycles. The van der Waals surface area contributed by atoms with E-state index in [1.807, 2.05) is 32.0 Å². The highest BCUT2D eigenvalue weighted by molar-refractivity contribution is 9.10. The van der Waals surface area contributed by atoms with Gasteiger partial charge in [-0.3, -0.25) is 14.5 Å². The predicted octanol–water partition coefficient (Wildman–Crippen LogP) is 4.46. The molecule has 0 aromatic heterocycles. The number of imide groups is 1. The largest absolute Gasteiger partial charge is 0.489 e. The van der Waals surface area contributed by atoms with Crippen molar-refractivity contribution < 1.29 is 14.3 Å². The lowest BCUT2D eigenvalue weighted by atomic mass is 10.2. The van der Waals surface area contributed by atoms with Gasteiger partial charge in [0.1, 0.15) is 12.4 Å². The average molecular weight is 382 g/mol. The zero-order valence-electron chi connectivity index (χ0n) is 12.3. The molecule has 1 aliphatic heterocycles. The molecule has 4 nitrogen and oxygen atoms in total. The summed E-state index contributed by atoms with van der Waals surface area (Å²) in [6.45, 7) is 7.62. The van der Waals surface area contributed by atoms with Crippen LogP contribution < -0.4 is 4.74 Å². The minimum Gasteiger partial charge on any atom is -0.489 e. The van der Waals surface area contributed by atoms with E-state index >= 15 is 0 Å². The number of benzene rings is 1. The van der Waals surface area contributed by atoms with Crippen LogP contribution >= 0.6 is 27.7 Å². The van der Waals surface area contributed by atoms with Gasteiger partial charge in [-0.15, -0.1) is 0 Å². The quantitative estimate of drug-likeness (QED) is 0.557. The van der Waals surface area contributed by atoms with Gasteiger partial charge in [0.15, 0.2) is 0 Å². The molecule has 116 valence electrons. The van der Waals surface area contributed by atoms with Gasteiger partial charge in [0.25, 0.3) is 11.1 Å². The summed E-state index contributed by atoms with van der Waals surface area (Å²) in [5, 5.41) is -0.241. The van der Waals surface area contributed by atoms with Gasteiger partial charge in [0.05, 0.1) is 4.91 Å². The number of ether oxygens (including phenoxy) is 1. The van der Waals surface area contributed by atoms with E-state index in [9.17, 15) is 9.59 Å². The minimum absolute atomic E-state index is 0.155. The van der Waals surface area contributed by atoms with Crippen LogP contribution in [0.25, 0.3) is 6.08 Å². The van der Waals surface area contributed by atoms with Crippen molar-refractivity contribution in [2.75, 3.05) is 6.61 Å². The van der Waals surface area contributed by atoms with Crippen LogP contribution in [0.2, 0.25) is 0 Å². The van der Waals surface area contributed by atoms with Crippen molar-refractivity contribution in [1.82, 2.24) is 4.90 Å². The first-order valence-corrected chi connectivity index (χ1v) is 8.35. The number of carbonyl (C=O) groups is 2. The van der Waals surface area contributed by atoms with Crippen molar-refractivity contribution >= 4 is 44.9 Å². The first kappa shape index (κ1) is 16.8. The summed E-state index contributed by atoms with van der Waals surface area (Å²) in [5.41, 5.74) is 0.741. The Kier molecular flexibility index (Phi) is 5.47. The van der Waals surface area contributed by atoms with Crippen LogP contribution in [-0.4, -0.2) is 28.7 Å². The fraction of sp³-hybridized carbons (Fsp3) is 0.250. The van der Waals surface area contributed by atoms with E-state index in [1.165, 1.54) is 4.90 Å². The number of hydrogen-bond acceptors (Lipinski definition) is 4. The monoisotopic (exact) mass is 381 g/mol. The molecule has 0 spiro atoms. The lowest BCUT2D eigenvalue weighted by Gasteiger charge is -2.16. The van der Waals surface area contributed by atoms with Crippen molar-refractivity contribution in [3.05, 3.63) is 45.8 Å². The molecule has 0 atom stereocenters. The van der Waals surface area contributed by atoms with Crippen molar-refractivity contribution in [2.45, 2.75) is 19.9 Å². The Morgan fingerprint density at radius 2 is 2.14 bits per heavy atom. The van der Waals surface area contributed by atoms with Gasteiger partial charge in [-0.1, -0.05) is 28.6 Å². The molecule has 1 saturated heterocycles. The van der Waals surface area contributed by atoms with E-state index in [4.69, 9.17) is 4.74 Å². The maximum atomic E-state index is 12.3. The summed E-state index contributed by atoms with van der Waals surface area (Å²) < 4.78 is 6.45. The van der Waals surface area contributed by atoms with Crippen molar-refractivity contribution in [2.24, 2.45) is 0 Å².